The largest absolute Gasteiger partial charge is 0.408 e. The van der Waals surface area contributed by atoms with Gasteiger partial charge >= 0.3 is 6.01 Å². The molecule has 0 fully saturated rings. The van der Waals surface area contributed by atoms with Crippen LogP contribution in [0.15, 0.2) is 33.6 Å². The van der Waals surface area contributed by atoms with Gasteiger partial charge in [-0.15, -0.1) is 5.10 Å². The van der Waals surface area contributed by atoms with E-state index in [9.17, 15) is 8.42 Å². The van der Waals surface area contributed by atoms with Crippen molar-refractivity contribution < 1.29 is 12.8 Å². The van der Waals surface area contributed by atoms with E-state index in [-0.39, 0.29) is 23.9 Å². The van der Waals surface area contributed by atoms with Crippen LogP contribution in [0.2, 0.25) is 0 Å². The van der Waals surface area contributed by atoms with Gasteiger partial charge in [-0.2, -0.15) is 0 Å². The number of anilines is 1. The molecule has 0 atom stereocenters. The number of nitrogen functional groups attached to an aromatic ring is 1. The molecule has 0 radical (unpaired) electrons. The summed E-state index contributed by atoms with van der Waals surface area (Å²) in [5.41, 5.74) is 6.38. The number of hydrogen-bond acceptors (Lipinski definition) is 6. The first kappa shape index (κ1) is 15.5. The Hall–Kier alpha value is -1.93. The molecule has 0 bridgehead atoms. The van der Waals surface area contributed by atoms with Crippen LogP contribution in [0.1, 0.15) is 31.2 Å². The van der Waals surface area contributed by atoms with Crippen LogP contribution in [0.25, 0.3) is 0 Å². The van der Waals surface area contributed by atoms with E-state index in [1.165, 1.54) is 0 Å². The Labute approximate surface area is 123 Å². The number of aromatic nitrogens is 2. The smallest absolute Gasteiger partial charge is 0.312 e. The molecule has 0 spiro atoms. The van der Waals surface area contributed by atoms with Gasteiger partial charge in [-0.3, -0.25) is 0 Å². The molecule has 0 unspecified atom stereocenters. The molecule has 2 rings (SSSR count). The summed E-state index contributed by atoms with van der Waals surface area (Å²) in [5, 5.41) is 7.16. The summed E-state index contributed by atoms with van der Waals surface area (Å²) in [7, 11) is -3.54. The maximum atomic E-state index is 12.1. The van der Waals surface area contributed by atoms with Gasteiger partial charge in [0.05, 0.1) is 4.90 Å². The molecule has 0 saturated carbocycles. The molecule has 21 heavy (non-hydrogen) atoms. The third-order valence-corrected chi connectivity index (χ3v) is 4.45. The molecule has 0 aliphatic rings. The Morgan fingerprint density at radius 2 is 1.90 bits per heavy atom. The van der Waals surface area contributed by atoms with Crippen molar-refractivity contribution in [1.29, 1.82) is 0 Å². The number of nitrogens with two attached hydrogens (primary N) is 1. The van der Waals surface area contributed by atoms with Crippen LogP contribution in [-0.4, -0.2) is 25.2 Å². The highest BCUT2D eigenvalue weighted by Gasteiger charge is 2.14. The van der Waals surface area contributed by atoms with Crippen LogP contribution in [0, 0.1) is 0 Å². The van der Waals surface area contributed by atoms with Crippen molar-refractivity contribution in [3.8, 4) is 0 Å². The predicted molar refractivity (Wildman–Crippen MR) is 78.1 cm³/mol. The molecule has 0 saturated heterocycles. The molecule has 0 amide bonds. The maximum absolute atomic E-state index is 12.1. The van der Waals surface area contributed by atoms with Crippen molar-refractivity contribution in [2.24, 2.45) is 0 Å². The number of nitrogens with zero attached hydrogens (tertiary/aromatic N) is 2. The van der Waals surface area contributed by atoms with Gasteiger partial charge in [0.2, 0.25) is 15.9 Å². The van der Waals surface area contributed by atoms with E-state index in [1.807, 2.05) is 12.1 Å². The molecule has 2 aromatic rings. The number of benzene rings is 1. The Morgan fingerprint density at radius 3 is 2.43 bits per heavy atom. The van der Waals surface area contributed by atoms with Gasteiger partial charge in [0.15, 0.2) is 0 Å². The molecule has 0 aliphatic carbocycles. The van der Waals surface area contributed by atoms with Gasteiger partial charge in [-0.25, -0.2) is 13.1 Å². The fourth-order valence-electron chi connectivity index (χ4n) is 1.78. The third kappa shape index (κ3) is 4.02. The second kappa shape index (κ2) is 6.23. The van der Waals surface area contributed by atoms with Gasteiger partial charge in [-0.1, -0.05) is 31.1 Å². The molecule has 3 N–H and O–H groups in total. The lowest BCUT2D eigenvalue weighted by atomic mass is 10.0. The Bertz CT molecular complexity index is 692. The molecule has 8 heteroatoms. The first-order valence-electron chi connectivity index (χ1n) is 6.56. The van der Waals surface area contributed by atoms with E-state index in [0.29, 0.717) is 11.8 Å². The summed E-state index contributed by atoms with van der Waals surface area (Å²) in [5.74, 6) is 0.656. The quantitative estimate of drug-likeness (QED) is 0.831. The van der Waals surface area contributed by atoms with Crippen LogP contribution < -0.4 is 10.5 Å². The summed E-state index contributed by atoms with van der Waals surface area (Å²) in [6.07, 6.45) is 0.285. The Morgan fingerprint density at radius 1 is 1.24 bits per heavy atom. The summed E-state index contributed by atoms with van der Waals surface area (Å²) in [6, 6.07) is 6.80. The van der Waals surface area contributed by atoms with Crippen LogP contribution in [0.4, 0.5) is 6.01 Å². The highest BCUT2D eigenvalue weighted by Crippen LogP contribution is 2.17. The van der Waals surface area contributed by atoms with E-state index >= 15 is 0 Å². The molecular formula is C13H18N4O3S. The van der Waals surface area contributed by atoms with Crippen molar-refractivity contribution in [2.45, 2.75) is 31.1 Å². The van der Waals surface area contributed by atoms with Gasteiger partial charge < -0.3 is 10.2 Å². The van der Waals surface area contributed by atoms with Gasteiger partial charge in [0.1, 0.15) is 0 Å². The Balaban J connectivity index is 1.97. The van der Waals surface area contributed by atoms with E-state index in [4.69, 9.17) is 10.2 Å². The van der Waals surface area contributed by atoms with E-state index < -0.39 is 10.0 Å². The lowest BCUT2D eigenvalue weighted by Gasteiger charge is -2.08. The zero-order valence-electron chi connectivity index (χ0n) is 11.9. The number of rotatable bonds is 6. The molecular weight excluding hydrogens is 292 g/mol. The van der Waals surface area contributed by atoms with Gasteiger partial charge in [0.25, 0.3) is 0 Å². The average Bonchev–Trinajstić information content (AvgIpc) is 2.84. The summed E-state index contributed by atoms with van der Waals surface area (Å²) in [4.78, 5) is 0.233. The summed E-state index contributed by atoms with van der Waals surface area (Å²) in [6.45, 7) is 4.27. The SMILES string of the molecule is CC(C)c1ccc(S(=O)(=O)NCCc2nnc(N)o2)cc1. The first-order chi connectivity index (χ1) is 9.88. The number of nitrogens with one attached hydrogen (secondary N) is 1. The van der Waals surface area contributed by atoms with Crippen LogP contribution in [-0.2, 0) is 16.4 Å². The van der Waals surface area contributed by atoms with Gasteiger partial charge in [-0.05, 0) is 23.6 Å². The minimum Gasteiger partial charge on any atom is -0.408 e. The third-order valence-electron chi connectivity index (χ3n) is 2.97. The second-order valence-corrected chi connectivity index (χ2v) is 6.67. The van der Waals surface area contributed by atoms with E-state index in [1.54, 1.807) is 12.1 Å². The minimum absolute atomic E-state index is 0.0304. The maximum Gasteiger partial charge on any atom is 0.312 e. The summed E-state index contributed by atoms with van der Waals surface area (Å²) >= 11 is 0. The predicted octanol–water partition coefficient (Wildman–Crippen LogP) is 1.30. The lowest BCUT2D eigenvalue weighted by Crippen LogP contribution is -2.26. The molecule has 1 aromatic carbocycles. The van der Waals surface area contributed by atoms with Crippen molar-refractivity contribution in [3.63, 3.8) is 0 Å². The number of hydrogen-bond donors (Lipinski definition) is 2. The van der Waals surface area contributed by atoms with Crippen molar-refractivity contribution in [1.82, 2.24) is 14.9 Å². The van der Waals surface area contributed by atoms with Crippen molar-refractivity contribution in [3.05, 3.63) is 35.7 Å². The number of sulfonamides is 1. The minimum atomic E-state index is -3.54. The first-order valence-corrected chi connectivity index (χ1v) is 8.04. The van der Waals surface area contributed by atoms with Crippen molar-refractivity contribution >= 4 is 16.0 Å². The summed E-state index contributed by atoms with van der Waals surface area (Å²) < 4.78 is 31.7. The standard InChI is InChI=1S/C13H18N4O3S/c1-9(2)10-3-5-11(6-4-10)21(18,19)15-8-7-12-16-17-13(14)20-12/h3-6,9,15H,7-8H2,1-2H3,(H2,14,17). The molecule has 1 heterocycles. The normalized spacial score (nSPS) is 12.0. The van der Waals surface area contributed by atoms with Crippen LogP contribution in [0.3, 0.4) is 0 Å². The fourth-order valence-corrected chi connectivity index (χ4v) is 2.81. The fraction of sp³-hybridized carbons (Fsp3) is 0.385. The molecule has 114 valence electrons. The monoisotopic (exact) mass is 310 g/mol. The van der Waals surface area contributed by atoms with E-state index in [2.05, 4.69) is 28.8 Å². The molecule has 7 nitrogen and oxygen atoms in total. The highest BCUT2D eigenvalue weighted by atomic mass is 32.2. The Kier molecular flexibility index (Phi) is 4.59. The van der Waals surface area contributed by atoms with Crippen molar-refractivity contribution in [2.75, 3.05) is 12.3 Å². The molecule has 0 aliphatic heterocycles. The zero-order valence-corrected chi connectivity index (χ0v) is 12.7. The van der Waals surface area contributed by atoms with Gasteiger partial charge in [0, 0.05) is 13.0 Å². The van der Waals surface area contributed by atoms with Crippen LogP contribution in [0.5, 0.6) is 0 Å². The lowest BCUT2D eigenvalue weighted by molar-refractivity contribution is 0.506. The highest BCUT2D eigenvalue weighted by molar-refractivity contribution is 7.89. The topological polar surface area (TPSA) is 111 Å². The van der Waals surface area contributed by atoms with E-state index in [0.717, 1.165) is 5.56 Å². The average molecular weight is 310 g/mol. The van der Waals surface area contributed by atoms with Crippen LogP contribution >= 0.6 is 0 Å². The molecule has 1 aromatic heterocycles. The second-order valence-electron chi connectivity index (χ2n) is 4.91. The zero-order chi connectivity index (χ0) is 15.5.